The molecule has 25 heavy (non-hydrogen) atoms. The molecule has 5 rings (SSSR count). The summed E-state index contributed by atoms with van der Waals surface area (Å²) in [6.45, 7) is 0. The van der Waals surface area contributed by atoms with Crippen LogP contribution in [-0.2, 0) is 0 Å². The van der Waals surface area contributed by atoms with Crippen molar-refractivity contribution in [2.24, 2.45) is 0 Å². The van der Waals surface area contributed by atoms with Crippen LogP contribution in [0.15, 0.2) is 78.9 Å². The Morgan fingerprint density at radius 2 is 1.08 bits per heavy atom. The van der Waals surface area contributed by atoms with Gasteiger partial charge in [0.1, 0.15) is 0 Å². The van der Waals surface area contributed by atoms with Gasteiger partial charge in [-0.1, -0.05) is 78.9 Å². The summed E-state index contributed by atoms with van der Waals surface area (Å²) in [6.07, 6.45) is 0. The molecule has 118 valence electrons. The van der Waals surface area contributed by atoms with Crippen molar-refractivity contribution in [2.75, 3.05) is 0 Å². The molecule has 4 aromatic rings. The molecule has 0 radical (unpaired) electrons. The van der Waals surface area contributed by atoms with Crippen LogP contribution in [0, 0.1) is 0 Å². The van der Waals surface area contributed by atoms with E-state index in [1.165, 1.54) is 33.0 Å². The molecule has 1 aliphatic rings. The van der Waals surface area contributed by atoms with Crippen LogP contribution in [0.3, 0.4) is 0 Å². The Morgan fingerprint density at radius 3 is 1.84 bits per heavy atom. The maximum atomic E-state index is 9.80. The smallest absolute Gasteiger partial charge is 0.423 e. The lowest BCUT2D eigenvalue weighted by molar-refractivity contribution is 0.426. The Morgan fingerprint density at radius 1 is 0.520 bits per heavy atom. The van der Waals surface area contributed by atoms with Gasteiger partial charge in [-0.15, -0.1) is 0 Å². The molecule has 0 unspecified atom stereocenters. The van der Waals surface area contributed by atoms with Crippen LogP contribution in [0.2, 0.25) is 0 Å². The van der Waals surface area contributed by atoms with E-state index in [9.17, 15) is 10.0 Å². The van der Waals surface area contributed by atoms with Crippen molar-refractivity contribution in [3.63, 3.8) is 0 Å². The molecule has 0 saturated carbocycles. The van der Waals surface area contributed by atoms with Gasteiger partial charge < -0.3 is 10.0 Å². The van der Waals surface area contributed by atoms with Crippen molar-refractivity contribution >= 4 is 23.4 Å². The van der Waals surface area contributed by atoms with E-state index in [4.69, 9.17) is 0 Å². The Bertz CT molecular complexity index is 1130. The van der Waals surface area contributed by atoms with Crippen LogP contribution in [0.5, 0.6) is 0 Å². The number of benzene rings is 4. The Hall–Kier alpha value is -2.88. The first-order valence-electron chi connectivity index (χ1n) is 8.36. The second-order valence-corrected chi connectivity index (χ2v) is 6.40. The molecule has 2 nitrogen and oxygen atoms in total. The van der Waals surface area contributed by atoms with E-state index in [2.05, 4.69) is 48.5 Å². The van der Waals surface area contributed by atoms with Crippen LogP contribution >= 0.6 is 0 Å². The van der Waals surface area contributed by atoms with Crippen LogP contribution in [-0.4, -0.2) is 17.2 Å². The standard InChI is InChI=1S/C22H15BO2/c24-23(25)20-13-2-1-8-15(20)16-10-5-11-18-17-9-3-6-14-7-4-12-19(21(14)17)22(16)18/h1-13,24-25H. The average molecular weight is 322 g/mol. The van der Waals surface area contributed by atoms with Gasteiger partial charge in [-0.05, 0) is 49.6 Å². The molecule has 0 fully saturated rings. The zero-order valence-electron chi connectivity index (χ0n) is 13.5. The van der Waals surface area contributed by atoms with Crippen molar-refractivity contribution in [3.05, 3.63) is 78.9 Å². The van der Waals surface area contributed by atoms with Crippen LogP contribution in [0.1, 0.15) is 0 Å². The summed E-state index contributed by atoms with van der Waals surface area (Å²) in [7, 11) is -1.49. The molecule has 0 aromatic heterocycles. The molecule has 0 atom stereocenters. The van der Waals surface area contributed by atoms with Crippen molar-refractivity contribution in [1.82, 2.24) is 0 Å². The third kappa shape index (κ3) is 2.00. The third-order valence-corrected chi connectivity index (χ3v) is 5.06. The molecule has 0 heterocycles. The van der Waals surface area contributed by atoms with Gasteiger partial charge in [0, 0.05) is 0 Å². The fourth-order valence-corrected chi connectivity index (χ4v) is 4.03. The summed E-state index contributed by atoms with van der Waals surface area (Å²) in [5.74, 6) is 0. The highest BCUT2D eigenvalue weighted by Gasteiger charge is 2.26. The molecule has 0 spiro atoms. The molecule has 2 N–H and O–H groups in total. The molecular formula is C22H15BO2. The summed E-state index contributed by atoms with van der Waals surface area (Å²) in [5.41, 5.74) is 7.24. The quantitative estimate of drug-likeness (QED) is 0.485. The zero-order chi connectivity index (χ0) is 17.0. The van der Waals surface area contributed by atoms with Crippen LogP contribution < -0.4 is 5.46 Å². The Kier molecular flexibility index (Phi) is 3.08. The monoisotopic (exact) mass is 322 g/mol. The van der Waals surface area contributed by atoms with Crippen LogP contribution in [0.25, 0.3) is 44.2 Å². The minimum Gasteiger partial charge on any atom is -0.423 e. The van der Waals surface area contributed by atoms with Crippen molar-refractivity contribution in [1.29, 1.82) is 0 Å². The molecular weight excluding hydrogens is 307 g/mol. The van der Waals surface area contributed by atoms with Gasteiger partial charge in [-0.3, -0.25) is 0 Å². The van der Waals surface area contributed by atoms with Crippen LogP contribution in [0.4, 0.5) is 0 Å². The first-order chi connectivity index (χ1) is 12.3. The van der Waals surface area contributed by atoms with Crippen molar-refractivity contribution < 1.29 is 10.0 Å². The Balaban J connectivity index is 1.89. The van der Waals surface area contributed by atoms with Gasteiger partial charge in [0.2, 0.25) is 0 Å². The number of fused-ring (bicyclic) bond motifs is 3. The van der Waals surface area contributed by atoms with Gasteiger partial charge in [-0.2, -0.15) is 0 Å². The van der Waals surface area contributed by atoms with E-state index in [-0.39, 0.29) is 0 Å². The second-order valence-electron chi connectivity index (χ2n) is 6.40. The normalized spacial score (nSPS) is 11.6. The minimum atomic E-state index is -1.49. The van der Waals surface area contributed by atoms with E-state index >= 15 is 0 Å². The molecule has 4 aromatic carbocycles. The fourth-order valence-electron chi connectivity index (χ4n) is 4.03. The molecule has 0 saturated heterocycles. The predicted octanol–water partition coefficient (Wildman–Crippen LogP) is 3.83. The predicted molar refractivity (Wildman–Crippen MR) is 104 cm³/mol. The number of hydrogen-bond acceptors (Lipinski definition) is 2. The largest absolute Gasteiger partial charge is 0.489 e. The lowest BCUT2D eigenvalue weighted by Crippen LogP contribution is -2.31. The lowest BCUT2D eigenvalue weighted by Gasteiger charge is -2.14. The molecule has 0 amide bonds. The number of hydrogen-bond donors (Lipinski definition) is 2. The van der Waals surface area contributed by atoms with Gasteiger partial charge in [0.25, 0.3) is 0 Å². The number of rotatable bonds is 2. The topological polar surface area (TPSA) is 40.5 Å². The van der Waals surface area contributed by atoms with E-state index in [0.29, 0.717) is 5.46 Å². The molecule has 1 aliphatic carbocycles. The summed E-state index contributed by atoms with van der Waals surface area (Å²) in [5, 5.41) is 22.1. The lowest BCUT2D eigenvalue weighted by atomic mass is 9.74. The fraction of sp³-hybridized carbons (Fsp3) is 0. The van der Waals surface area contributed by atoms with Gasteiger partial charge >= 0.3 is 7.12 Å². The SMILES string of the molecule is OB(O)c1ccccc1-c1cccc2c1-c1cccc3cccc-2c13. The zero-order valence-corrected chi connectivity index (χ0v) is 13.5. The van der Waals surface area contributed by atoms with E-state index in [0.717, 1.165) is 11.1 Å². The first-order valence-corrected chi connectivity index (χ1v) is 8.36. The summed E-state index contributed by atoms with van der Waals surface area (Å²) in [6, 6.07) is 26.5. The highest BCUT2D eigenvalue weighted by Crippen LogP contribution is 2.50. The maximum Gasteiger partial charge on any atom is 0.489 e. The van der Waals surface area contributed by atoms with E-state index < -0.39 is 7.12 Å². The summed E-state index contributed by atoms with van der Waals surface area (Å²) in [4.78, 5) is 0. The molecule has 0 bridgehead atoms. The average Bonchev–Trinajstić information content (AvgIpc) is 2.98. The van der Waals surface area contributed by atoms with Gasteiger partial charge in [0.15, 0.2) is 0 Å². The van der Waals surface area contributed by atoms with Gasteiger partial charge in [0.05, 0.1) is 0 Å². The van der Waals surface area contributed by atoms with E-state index in [1.54, 1.807) is 6.07 Å². The first kappa shape index (κ1) is 14.5. The minimum absolute atomic E-state index is 0.527. The summed E-state index contributed by atoms with van der Waals surface area (Å²) < 4.78 is 0. The molecule has 3 heteroatoms. The Labute approximate surface area is 146 Å². The highest BCUT2D eigenvalue weighted by molar-refractivity contribution is 6.60. The third-order valence-electron chi connectivity index (χ3n) is 5.06. The highest BCUT2D eigenvalue weighted by atomic mass is 16.4. The van der Waals surface area contributed by atoms with Crippen molar-refractivity contribution in [3.8, 4) is 33.4 Å². The van der Waals surface area contributed by atoms with Crippen molar-refractivity contribution in [2.45, 2.75) is 0 Å². The molecule has 0 aliphatic heterocycles. The van der Waals surface area contributed by atoms with E-state index in [1.807, 2.05) is 24.3 Å². The van der Waals surface area contributed by atoms with Gasteiger partial charge in [-0.25, -0.2) is 0 Å². The summed E-state index contributed by atoms with van der Waals surface area (Å²) >= 11 is 0. The maximum absolute atomic E-state index is 9.80. The second kappa shape index (κ2) is 5.31.